The first-order valence-electron chi connectivity index (χ1n) is 6.22. The maximum absolute atomic E-state index is 11.9. The van der Waals surface area contributed by atoms with Gasteiger partial charge in [0.25, 0.3) is 0 Å². The molecule has 0 aliphatic carbocycles. The van der Waals surface area contributed by atoms with Crippen LogP contribution in [0, 0.1) is 0 Å². The van der Waals surface area contributed by atoms with Crippen LogP contribution in [0.25, 0.3) is 0 Å². The number of pyridine rings is 1. The van der Waals surface area contributed by atoms with Gasteiger partial charge in [-0.3, -0.25) is 4.79 Å². The first kappa shape index (κ1) is 14.9. The molecule has 1 amide bonds. The monoisotopic (exact) mass is 306 g/mol. The smallest absolute Gasteiger partial charge is 0.224 e. The predicted molar refractivity (Wildman–Crippen MR) is 84.4 cm³/mol. The number of halogens is 1. The largest absolute Gasteiger partial charge is 0.325 e. The fourth-order valence-electron chi connectivity index (χ4n) is 1.75. The van der Waals surface area contributed by atoms with Crippen LogP contribution in [0.5, 0.6) is 0 Å². The average Bonchev–Trinajstić information content (AvgIpc) is 2.47. The molecule has 0 atom stereocenters. The van der Waals surface area contributed by atoms with E-state index in [0.29, 0.717) is 23.6 Å². The van der Waals surface area contributed by atoms with Crippen molar-refractivity contribution < 1.29 is 4.79 Å². The zero-order valence-electron chi connectivity index (χ0n) is 11.1. The molecule has 1 aromatic carbocycles. The molecule has 0 saturated carbocycles. The van der Waals surface area contributed by atoms with Gasteiger partial charge in [0.2, 0.25) is 5.91 Å². The number of rotatable bonds is 5. The van der Waals surface area contributed by atoms with Crippen molar-refractivity contribution in [2.24, 2.45) is 0 Å². The maximum Gasteiger partial charge on any atom is 0.224 e. The number of carbonyl (C=O) groups is 1. The molecule has 0 radical (unpaired) electrons. The highest BCUT2D eigenvalue weighted by molar-refractivity contribution is 7.98. The molecule has 5 heteroatoms. The maximum atomic E-state index is 11.9. The Morgan fingerprint density at radius 3 is 2.75 bits per heavy atom. The van der Waals surface area contributed by atoms with E-state index in [1.54, 1.807) is 18.0 Å². The van der Waals surface area contributed by atoms with Crippen molar-refractivity contribution in [3.05, 3.63) is 53.2 Å². The average molecular weight is 307 g/mol. The second-order valence-corrected chi connectivity index (χ2v) is 5.46. The van der Waals surface area contributed by atoms with Crippen LogP contribution >= 0.6 is 23.4 Å². The number of thioether (sulfide) groups is 1. The van der Waals surface area contributed by atoms with Crippen molar-refractivity contribution in [1.82, 2.24) is 4.98 Å². The van der Waals surface area contributed by atoms with Gasteiger partial charge in [-0.2, -0.15) is 0 Å². The number of nitrogens with one attached hydrogen (secondary N) is 1. The summed E-state index contributed by atoms with van der Waals surface area (Å²) in [6.07, 6.45) is 4.65. The number of hydrogen-bond acceptors (Lipinski definition) is 3. The van der Waals surface area contributed by atoms with Crippen LogP contribution in [0.2, 0.25) is 5.02 Å². The summed E-state index contributed by atoms with van der Waals surface area (Å²) in [6.45, 7) is 0. The normalized spacial score (nSPS) is 10.3. The highest BCUT2D eigenvalue weighted by Crippen LogP contribution is 2.17. The lowest BCUT2D eigenvalue weighted by atomic mass is 10.1. The molecule has 1 heterocycles. The van der Waals surface area contributed by atoms with E-state index < -0.39 is 0 Å². The number of benzene rings is 1. The molecule has 20 heavy (non-hydrogen) atoms. The van der Waals surface area contributed by atoms with E-state index in [1.807, 2.05) is 42.7 Å². The molecular weight excluding hydrogens is 292 g/mol. The summed E-state index contributed by atoms with van der Waals surface area (Å²) < 4.78 is 0. The van der Waals surface area contributed by atoms with E-state index in [2.05, 4.69) is 10.3 Å². The molecular formula is C15H15ClN2OS. The van der Waals surface area contributed by atoms with E-state index in [0.717, 1.165) is 10.6 Å². The van der Waals surface area contributed by atoms with Crippen LogP contribution < -0.4 is 5.32 Å². The Balaban J connectivity index is 1.87. The second-order valence-electron chi connectivity index (χ2n) is 4.23. The Morgan fingerprint density at radius 1 is 1.30 bits per heavy atom. The van der Waals surface area contributed by atoms with Gasteiger partial charge < -0.3 is 5.32 Å². The molecule has 0 saturated heterocycles. The van der Waals surface area contributed by atoms with Crippen molar-refractivity contribution in [2.75, 3.05) is 11.6 Å². The first-order valence-corrected chi connectivity index (χ1v) is 7.82. The van der Waals surface area contributed by atoms with Gasteiger partial charge in [0, 0.05) is 11.4 Å². The van der Waals surface area contributed by atoms with E-state index in [1.165, 1.54) is 0 Å². The van der Waals surface area contributed by atoms with Crippen LogP contribution in [0.15, 0.2) is 47.6 Å². The molecule has 0 fully saturated rings. The minimum atomic E-state index is -0.0383. The lowest BCUT2D eigenvalue weighted by Gasteiger charge is -2.06. The molecule has 0 bridgehead atoms. The van der Waals surface area contributed by atoms with Gasteiger partial charge in [0.05, 0.1) is 16.9 Å². The van der Waals surface area contributed by atoms with Crippen molar-refractivity contribution >= 4 is 35.0 Å². The Bertz CT molecular complexity index is 587. The van der Waals surface area contributed by atoms with Gasteiger partial charge in [0.1, 0.15) is 0 Å². The van der Waals surface area contributed by atoms with Crippen molar-refractivity contribution in [3.63, 3.8) is 0 Å². The molecule has 1 aromatic heterocycles. The predicted octanol–water partition coefficient (Wildman–Crippen LogP) is 4.03. The number of aromatic nitrogens is 1. The summed E-state index contributed by atoms with van der Waals surface area (Å²) in [7, 11) is 0. The third-order valence-corrected chi connectivity index (χ3v) is 3.84. The third-order valence-electron chi connectivity index (χ3n) is 2.81. The Kier molecular flexibility index (Phi) is 5.44. The highest BCUT2D eigenvalue weighted by atomic mass is 35.5. The van der Waals surface area contributed by atoms with Gasteiger partial charge >= 0.3 is 0 Å². The van der Waals surface area contributed by atoms with E-state index in [-0.39, 0.29) is 5.91 Å². The summed E-state index contributed by atoms with van der Waals surface area (Å²) >= 11 is 7.62. The lowest BCUT2D eigenvalue weighted by Crippen LogP contribution is -2.12. The quantitative estimate of drug-likeness (QED) is 0.848. The van der Waals surface area contributed by atoms with Gasteiger partial charge in [-0.15, -0.1) is 11.8 Å². The molecule has 104 valence electrons. The van der Waals surface area contributed by atoms with E-state index in [4.69, 9.17) is 11.6 Å². The van der Waals surface area contributed by atoms with E-state index in [9.17, 15) is 4.79 Å². The fourth-order valence-corrected chi connectivity index (χ4v) is 2.34. The molecule has 0 aliphatic heterocycles. The van der Waals surface area contributed by atoms with Crippen molar-refractivity contribution in [2.45, 2.75) is 17.9 Å². The number of carbonyl (C=O) groups excluding carboxylic acids is 1. The minimum Gasteiger partial charge on any atom is -0.325 e. The second kappa shape index (κ2) is 7.31. The summed E-state index contributed by atoms with van der Waals surface area (Å²) in [6, 6.07) is 11.3. The summed E-state index contributed by atoms with van der Waals surface area (Å²) in [4.78, 5) is 16.1. The van der Waals surface area contributed by atoms with Crippen LogP contribution in [-0.4, -0.2) is 17.1 Å². The third kappa shape index (κ3) is 4.25. The van der Waals surface area contributed by atoms with E-state index >= 15 is 0 Å². The number of aryl methyl sites for hydroxylation is 1. The molecule has 0 unspecified atom stereocenters. The summed E-state index contributed by atoms with van der Waals surface area (Å²) in [5.74, 6) is -0.0383. The number of anilines is 1. The zero-order valence-corrected chi connectivity index (χ0v) is 12.7. The van der Waals surface area contributed by atoms with Gasteiger partial charge in [0.15, 0.2) is 0 Å². The van der Waals surface area contributed by atoms with Gasteiger partial charge in [-0.1, -0.05) is 29.8 Å². The van der Waals surface area contributed by atoms with Gasteiger partial charge in [-0.05, 0) is 36.4 Å². The molecule has 1 N–H and O–H groups in total. The fraction of sp³-hybridized carbons (Fsp3) is 0.200. The van der Waals surface area contributed by atoms with Gasteiger partial charge in [-0.25, -0.2) is 4.98 Å². The number of hydrogen-bond donors (Lipinski definition) is 1. The molecule has 2 rings (SSSR count). The molecule has 2 aromatic rings. The SMILES string of the molecule is CSc1ccc(NC(=O)CCc2ccccc2Cl)cn1. The number of amides is 1. The first-order chi connectivity index (χ1) is 9.69. The standard InChI is InChI=1S/C15H15ClN2OS/c1-20-15-9-7-12(10-17-15)18-14(19)8-6-11-4-2-3-5-13(11)16/h2-5,7,9-10H,6,8H2,1H3,(H,18,19). The summed E-state index contributed by atoms with van der Waals surface area (Å²) in [5.41, 5.74) is 1.70. The number of nitrogens with zero attached hydrogens (tertiary/aromatic N) is 1. The Labute approximate surface area is 127 Å². The van der Waals surface area contributed by atoms with Crippen LogP contribution in [0.4, 0.5) is 5.69 Å². The van der Waals surface area contributed by atoms with Crippen molar-refractivity contribution in [1.29, 1.82) is 0 Å². The topological polar surface area (TPSA) is 42.0 Å². The molecule has 0 aliphatic rings. The zero-order chi connectivity index (χ0) is 14.4. The van der Waals surface area contributed by atoms with Crippen LogP contribution in [0.1, 0.15) is 12.0 Å². The highest BCUT2D eigenvalue weighted by Gasteiger charge is 2.05. The van der Waals surface area contributed by atoms with Crippen molar-refractivity contribution in [3.8, 4) is 0 Å². The Hall–Kier alpha value is -1.52. The minimum absolute atomic E-state index is 0.0383. The lowest BCUT2D eigenvalue weighted by molar-refractivity contribution is -0.116. The summed E-state index contributed by atoms with van der Waals surface area (Å²) in [5, 5.41) is 4.46. The Morgan fingerprint density at radius 2 is 2.10 bits per heavy atom. The molecule has 3 nitrogen and oxygen atoms in total. The molecule has 0 spiro atoms. The van der Waals surface area contributed by atoms with Crippen LogP contribution in [0.3, 0.4) is 0 Å². The van der Waals surface area contributed by atoms with Crippen LogP contribution in [-0.2, 0) is 11.2 Å².